The summed E-state index contributed by atoms with van der Waals surface area (Å²) in [6, 6.07) is 0. The molecule has 0 saturated carbocycles. The number of carboxylic acid groups (broad SMARTS) is 2. The van der Waals surface area contributed by atoms with E-state index in [2.05, 4.69) is 0 Å². The van der Waals surface area contributed by atoms with E-state index in [0.717, 1.165) is 64.2 Å². The van der Waals surface area contributed by atoms with Crippen LogP contribution in [0.5, 0.6) is 0 Å². The number of hydrogen-bond acceptors (Lipinski definition) is 3. The van der Waals surface area contributed by atoms with Crippen molar-refractivity contribution in [3.63, 3.8) is 0 Å². The quantitative estimate of drug-likeness (QED) is 0.378. The van der Waals surface area contributed by atoms with Gasteiger partial charge in [0.15, 0.2) is 0 Å². The zero-order chi connectivity index (χ0) is 15.5. The second-order valence-corrected chi connectivity index (χ2v) is 5.91. The Labute approximate surface area is 126 Å². The Morgan fingerprint density at radius 2 is 1.05 bits per heavy atom. The predicted molar refractivity (Wildman–Crippen MR) is 79.3 cm³/mol. The molecule has 5 heteroatoms. The van der Waals surface area contributed by atoms with Gasteiger partial charge < -0.3 is 14.9 Å². The molecule has 0 aromatic rings. The van der Waals surface area contributed by atoms with Crippen molar-refractivity contribution in [2.45, 2.75) is 89.3 Å². The summed E-state index contributed by atoms with van der Waals surface area (Å²) < 4.78 is 5.62. The summed E-state index contributed by atoms with van der Waals surface area (Å²) in [7, 11) is 0. The van der Waals surface area contributed by atoms with Gasteiger partial charge in [0.05, 0.1) is 12.2 Å². The maximum Gasteiger partial charge on any atom is 0.303 e. The number of aliphatic carboxylic acids is 2. The van der Waals surface area contributed by atoms with Crippen molar-refractivity contribution in [3.8, 4) is 0 Å². The number of hydrogen-bond donors (Lipinski definition) is 2. The highest BCUT2D eigenvalue weighted by atomic mass is 16.6. The molecular weight excluding hydrogens is 272 g/mol. The first kappa shape index (κ1) is 18.0. The zero-order valence-corrected chi connectivity index (χ0v) is 12.8. The van der Waals surface area contributed by atoms with E-state index in [-0.39, 0.29) is 12.8 Å². The Morgan fingerprint density at radius 3 is 1.43 bits per heavy atom. The van der Waals surface area contributed by atoms with E-state index in [9.17, 15) is 9.59 Å². The lowest BCUT2D eigenvalue weighted by Crippen LogP contribution is -1.96. The smallest absolute Gasteiger partial charge is 0.303 e. The first-order chi connectivity index (χ1) is 10.1. The summed E-state index contributed by atoms with van der Waals surface area (Å²) >= 11 is 0. The van der Waals surface area contributed by atoms with Crippen molar-refractivity contribution >= 4 is 11.9 Å². The zero-order valence-electron chi connectivity index (χ0n) is 12.8. The van der Waals surface area contributed by atoms with Crippen molar-refractivity contribution in [3.05, 3.63) is 0 Å². The second-order valence-electron chi connectivity index (χ2n) is 5.91. The van der Waals surface area contributed by atoms with Gasteiger partial charge in [0.2, 0.25) is 0 Å². The van der Waals surface area contributed by atoms with Gasteiger partial charge in [-0.2, -0.15) is 0 Å². The summed E-state index contributed by atoms with van der Waals surface area (Å²) in [5.41, 5.74) is 0. The van der Waals surface area contributed by atoms with Crippen molar-refractivity contribution in [2.24, 2.45) is 0 Å². The second kappa shape index (κ2) is 10.6. The minimum Gasteiger partial charge on any atom is -0.481 e. The molecule has 0 aromatic heterocycles. The van der Waals surface area contributed by atoms with Gasteiger partial charge in [0, 0.05) is 12.8 Å². The van der Waals surface area contributed by atoms with E-state index in [4.69, 9.17) is 14.9 Å². The van der Waals surface area contributed by atoms with E-state index in [1.165, 1.54) is 0 Å². The number of ether oxygens (including phenoxy) is 1. The van der Waals surface area contributed by atoms with Gasteiger partial charge in [0.1, 0.15) is 0 Å². The average Bonchev–Trinajstić information content (AvgIpc) is 3.15. The van der Waals surface area contributed by atoms with Crippen LogP contribution in [0.2, 0.25) is 0 Å². The molecule has 1 aliphatic heterocycles. The van der Waals surface area contributed by atoms with Crippen LogP contribution >= 0.6 is 0 Å². The maximum absolute atomic E-state index is 10.3. The van der Waals surface area contributed by atoms with E-state index in [1.54, 1.807) is 0 Å². The molecule has 0 bridgehead atoms. The van der Waals surface area contributed by atoms with Gasteiger partial charge >= 0.3 is 11.9 Å². The van der Waals surface area contributed by atoms with Crippen LogP contribution in [0.1, 0.15) is 77.0 Å². The Morgan fingerprint density at radius 1 is 0.667 bits per heavy atom. The lowest BCUT2D eigenvalue weighted by Gasteiger charge is -1.99. The highest BCUT2D eigenvalue weighted by molar-refractivity contribution is 5.66. The fourth-order valence-corrected chi connectivity index (χ4v) is 2.64. The normalized spacial score (nSPS) is 20.4. The number of carboxylic acids is 2. The summed E-state index contributed by atoms with van der Waals surface area (Å²) in [5, 5.41) is 17.0. The molecule has 1 saturated heterocycles. The molecule has 2 atom stereocenters. The van der Waals surface area contributed by atoms with E-state index >= 15 is 0 Å². The molecule has 0 spiro atoms. The molecule has 21 heavy (non-hydrogen) atoms. The summed E-state index contributed by atoms with van der Waals surface area (Å²) in [5.74, 6) is -1.41. The standard InChI is InChI=1S/C16H28O5/c17-15(18)11-7-3-1-5-9-13-14(21-13)10-6-2-4-8-12-16(19)20/h13-14H,1-12H2,(H,17,18)(H,19,20). The van der Waals surface area contributed by atoms with Crippen LogP contribution in [0.4, 0.5) is 0 Å². The van der Waals surface area contributed by atoms with Crippen LogP contribution < -0.4 is 0 Å². The Kier molecular flexibility index (Phi) is 9.06. The highest BCUT2D eigenvalue weighted by Crippen LogP contribution is 2.31. The van der Waals surface area contributed by atoms with Gasteiger partial charge in [-0.25, -0.2) is 0 Å². The third kappa shape index (κ3) is 10.3. The minimum atomic E-state index is -0.705. The number of epoxide rings is 1. The van der Waals surface area contributed by atoms with Crippen LogP contribution in [0.15, 0.2) is 0 Å². The van der Waals surface area contributed by atoms with Crippen molar-refractivity contribution in [1.82, 2.24) is 0 Å². The van der Waals surface area contributed by atoms with Gasteiger partial charge in [-0.15, -0.1) is 0 Å². The SMILES string of the molecule is O=C(O)CCCCCCC1OC1CCCCCCC(=O)O. The van der Waals surface area contributed by atoms with Crippen LogP contribution in [-0.4, -0.2) is 34.4 Å². The van der Waals surface area contributed by atoms with Gasteiger partial charge in [-0.05, 0) is 25.7 Å². The highest BCUT2D eigenvalue weighted by Gasteiger charge is 2.36. The van der Waals surface area contributed by atoms with E-state index in [0.29, 0.717) is 12.2 Å². The third-order valence-corrected chi connectivity index (χ3v) is 3.95. The fourth-order valence-electron chi connectivity index (χ4n) is 2.64. The van der Waals surface area contributed by atoms with Gasteiger partial charge in [0.25, 0.3) is 0 Å². The molecule has 2 unspecified atom stereocenters. The summed E-state index contributed by atoms with van der Waals surface area (Å²) in [4.78, 5) is 20.7. The molecule has 0 aliphatic carbocycles. The van der Waals surface area contributed by atoms with Gasteiger partial charge in [-0.1, -0.05) is 38.5 Å². The molecule has 1 heterocycles. The number of carbonyl (C=O) groups is 2. The summed E-state index contributed by atoms with van der Waals surface area (Å²) in [6.45, 7) is 0. The largest absolute Gasteiger partial charge is 0.481 e. The van der Waals surface area contributed by atoms with E-state index in [1.807, 2.05) is 0 Å². The Bertz CT molecular complexity index is 286. The van der Waals surface area contributed by atoms with Crippen LogP contribution in [0.25, 0.3) is 0 Å². The average molecular weight is 300 g/mol. The molecule has 0 aromatic carbocycles. The monoisotopic (exact) mass is 300 g/mol. The Hall–Kier alpha value is -1.10. The van der Waals surface area contributed by atoms with E-state index < -0.39 is 11.9 Å². The van der Waals surface area contributed by atoms with Crippen molar-refractivity contribution in [1.29, 1.82) is 0 Å². The first-order valence-corrected chi connectivity index (χ1v) is 8.18. The van der Waals surface area contributed by atoms with Crippen molar-refractivity contribution in [2.75, 3.05) is 0 Å². The minimum absolute atomic E-state index is 0.282. The fraction of sp³-hybridized carbons (Fsp3) is 0.875. The van der Waals surface area contributed by atoms with Crippen molar-refractivity contribution < 1.29 is 24.5 Å². The summed E-state index contributed by atoms with van der Waals surface area (Å²) in [6.07, 6.45) is 11.6. The molecule has 1 aliphatic rings. The Balaban J connectivity index is 1.80. The number of unbranched alkanes of at least 4 members (excludes halogenated alkanes) is 6. The first-order valence-electron chi connectivity index (χ1n) is 8.18. The molecule has 1 rings (SSSR count). The molecule has 0 radical (unpaired) electrons. The lowest BCUT2D eigenvalue weighted by atomic mass is 10.0. The molecule has 5 nitrogen and oxygen atoms in total. The van der Waals surface area contributed by atoms with Gasteiger partial charge in [-0.3, -0.25) is 9.59 Å². The van der Waals surface area contributed by atoms with Crippen LogP contribution in [0, 0.1) is 0 Å². The topological polar surface area (TPSA) is 87.1 Å². The van der Waals surface area contributed by atoms with Crippen LogP contribution in [-0.2, 0) is 14.3 Å². The molecular formula is C16H28O5. The third-order valence-electron chi connectivity index (χ3n) is 3.95. The molecule has 122 valence electrons. The lowest BCUT2D eigenvalue weighted by molar-refractivity contribution is -0.138. The molecule has 0 amide bonds. The predicted octanol–water partition coefficient (Wildman–Crippen LogP) is 3.60. The maximum atomic E-state index is 10.3. The molecule has 2 N–H and O–H groups in total. The number of rotatable bonds is 14. The van der Waals surface area contributed by atoms with Crippen LogP contribution in [0.3, 0.4) is 0 Å². The molecule has 1 fully saturated rings.